The third kappa shape index (κ3) is 4.85. The number of hydrogen-bond donors (Lipinski definition) is 2. The number of hydrogen-bond acceptors (Lipinski definition) is 4. The molecule has 4 heteroatoms. The van der Waals surface area contributed by atoms with Gasteiger partial charge in [-0.05, 0) is 90.3 Å². The van der Waals surface area contributed by atoms with Gasteiger partial charge in [-0.2, -0.15) is 0 Å². The van der Waals surface area contributed by atoms with Gasteiger partial charge in [-0.1, -0.05) is 23.3 Å². The number of rotatable bonds is 6. The fourth-order valence-electron chi connectivity index (χ4n) is 4.17. The van der Waals surface area contributed by atoms with Gasteiger partial charge in [-0.15, -0.1) is 0 Å². The molecule has 3 aromatic rings. The molecule has 0 unspecified atom stereocenters. The predicted octanol–water partition coefficient (Wildman–Crippen LogP) is 7.93. The molecule has 0 amide bonds. The number of allylic oxidation sites excluding steroid dienone is 4. The number of furan rings is 1. The van der Waals surface area contributed by atoms with Crippen LogP contribution >= 0.6 is 0 Å². The maximum Gasteiger partial charge on any atom is 0.138 e. The Labute approximate surface area is 195 Å². The first-order chi connectivity index (χ1) is 15.6. The molecule has 4 nitrogen and oxygen atoms in total. The normalized spacial score (nSPS) is 16.9. The van der Waals surface area contributed by atoms with E-state index in [9.17, 15) is 10.2 Å². The monoisotopic (exact) mass is 444 g/mol. The molecule has 1 aromatic heterocycles. The van der Waals surface area contributed by atoms with Gasteiger partial charge in [0.05, 0.1) is 5.56 Å². The number of aromatic hydroxyl groups is 2. The lowest BCUT2D eigenvalue weighted by molar-refractivity contribution is 0.127. The Hall–Kier alpha value is -3.40. The lowest BCUT2D eigenvalue weighted by Gasteiger charge is -2.33. The molecular formula is C29H32O4. The van der Waals surface area contributed by atoms with Crippen LogP contribution in [0.1, 0.15) is 58.6 Å². The summed E-state index contributed by atoms with van der Waals surface area (Å²) in [5.74, 6) is 1.65. The van der Waals surface area contributed by atoms with Gasteiger partial charge < -0.3 is 19.4 Å². The third-order valence-corrected chi connectivity index (χ3v) is 6.02. The lowest BCUT2D eigenvalue weighted by Crippen LogP contribution is -2.32. The summed E-state index contributed by atoms with van der Waals surface area (Å²) in [7, 11) is 0. The van der Waals surface area contributed by atoms with Gasteiger partial charge in [-0.25, -0.2) is 0 Å². The molecule has 0 aliphatic carbocycles. The van der Waals surface area contributed by atoms with Crippen LogP contribution in [0.5, 0.6) is 17.2 Å². The summed E-state index contributed by atoms with van der Waals surface area (Å²) in [6.45, 7) is 10.4. The van der Waals surface area contributed by atoms with Crippen molar-refractivity contribution in [2.75, 3.05) is 0 Å². The summed E-state index contributed by atoms with van der Waals surface area (Å²) in [5.41, 5.74) is 5.09. The van der Waals surface area contributed by atoms with E-state index in [-0.39, 0.29) is 11.5 Å². The van der Waals surface area contributed by atoms with Crippen molar-refractivity contribution in [3.05, 3.63) is 70.8 Å². The molecule has 2 N–H and O–H groups in total. The first-order valence-corrected chi connectivity index (χ1v) is 11.4. The lowest BCUT2D eigenvalue weighted by atomic mass is 9.90. The molecule has 0 bridgehead atoms. The average molecular weight is 445 g/mol. The van der Waals surface area contributed by atoms with Gasteiger partial charge in [0.15, 0.2) is 0 Å². The van der Waals surface area contributed by atoms with Crippen molar-refractivity contribution in [2.45, 2.75) is 59.5 Å². The summed E-state index contributed by atoms with van der Waals surface area (Å²) < 4.78 is 12.7. The maximum atomic E-state index is 10.9. The summed E-state index contributed by atoms with van der Waals surface area (Å²) in [6.07, 6.45) is 10.8. The minimum atomic E-state index is -0.469. The SMILES string of the molecule is CC(C)=CCC[C@]1(C)C=Cc2c(O)cc(-c3cc4ccc(O)cc4o3)c(CC=C(C)C)c2O1. The molecule has 1 atom stereocenters. The Morgan fingerprint density at radius 3 is 2.48 bits per heavy atom. The summed E-state index contributed by atoms with van der Waals surface area (Å²) in [6, 6.07) is 8.76. The second-order valence-corrected chi connectivity index (χ2v) is 9.55. The second-order valence-electron chi connectivity index (χ2n) is 9.55. The van der Waals surface area contributed by atoms with E-state index < -0.39 is 5.60 Å². The van der Waals surface area contributed by atoms with Crippen LogP contribution in [0.2, 0.25) is 0 Å². The number of phenolic OH excluding ortho intramolecular Hbond substituents is 2. The van der Waals surface area contributed by atoms with Crippen molar-refractivity contribution in [1.82, 2.24) is 0 Å². The van der Waals surface area contributed by atoms with Crippen molar-refractivity contribution >= 4 is 17.0 Å². The summed E-state index contributed by atoms with van der Waals surface area (Å²) in [5, 5.41) is 21.6. The molecule has 0 saturated heterocycles. The maximum absolute atomic E-state index is 10.9. The van der Waals surface area contributed by atoms with Gasteiger partial charge in [-0.3, -0.25) is 0 Å². The molecule has 0 radical (unpaired) electrons. The third-order valence-electron chi connectivity index (χ3n) is 6.02. The number of fused-ring (bicyclic) bond motifs is 2. The molecule has 0 fully saturated rings. The molecular weight excluding hydrogens is 412 g/mol. The zero-order valence-corrected chi connectivity index (χ0v) is 20.0. The highest BCUT2D eigenvalue weighted by Gasteiger charge is 2.31. The van der Waals surface area contributed by atoms with Crippen molar-refractivity contribution < 1.29 is 19.4 Å². The van der Waals surface area contributed by atoms with Crippen LogP contribution in [0.25, 0.3) is 28.4 Å². The van der Waals surface area contributed by atoms with E-state index in [1.54, 1.807) is 18.2 Å². The van der Waals surface area contributed by atoms with Gasteiger partial charge in [0.25, 0.3) is 0 Å². The summed E-state index contributed by atoms with van der Waals surface area (Å²) >= 11 is 0. The Balaban J connectivity index is 1.84. The smallest absolute Gasteiger partial charge is 0.138 e. The molecule has 0 spiro atoms. The van der Waals surface area contributed by atoms with E-state index in [1.807, 2.05) is 24.3 Å². The fourth-order valence-corrected chi connectivity index (χ4v) is 4.17. The van der Waals surface area contributed by atoms with Crippen LogP contribution in [0.15, 0.2) is 64.1 Å². The van der Waals surface area contributed by atoms with E-state index in [0.29, 0.717) is 29.1 Å². The number of benzene rings is 2. The molecule has 2 aromatic carbocycles. The Morgan fingerprint density at radius 1 is 1.00 bits per heavy atom. The zero-order valence-electron chi connectivity index (χ0n) is 20.0. The van der Waals surface area contributed by atoms with Crippen LogP contribution in [0.3, 0.4) is 0 Å². The predicted molar refractivity (Wildman–Crippen MR) is 135 cm³/mol. The summed E-state index contributed by atoms with van der Waals surface area (Å²) in [4.78, 5) is 0. The van der Waals surface area contributed by atoms with Gasteiger partial charge in [0.1, 0.15) is 34.2 Å². The first kappa shape index (κ1) is 22.8. The van der Waals surface area contributed by atoms with Gasteiger partial charge in [0, 0.05) is 22.6 Å². The van der Waals surface area contributed by atoms with E-state index >= 15 is 0 Å². The van der Waals surface area contributed by atoms with Crippen LogP contribution in [-0.4, -0.2) is 15.8 Å². The Bertz CT molecular complexity index is 1280. The largest absolute Gasteiger partial charge is 0.508 e. The number of ether oxygens (including phenoxy) is 1. The van der Waals surface area contributed by atoms with Gasteiger partial charge in [0.2, 0.25) is 0 Å². The van der Waals surface area contributed by atoms with E-state index in [1.165, 1.54) is 11.1 Å². The van der Waals surface area contributed by atoms with E-state index in [0.717, 1.165) is 29.4 Å². The minimum absolute atomic E-state index is 0.155. The molecule has 2 heterocycles. The zero-order chi connectivity index (χ0) is 23.8. The standard InChI is InChI=1S/C29H32O4/c1-18(2)7-6-13-29(5)14-12-23-25(31)17-24(22(28(23)33-29)11-8-19(3)4)27-15-20-9-10-21(30)16-26(20)32-27/h7-10,12,14-17,30-31H,6,11,13H2,1-5H3/t29-/m1/s1. The number of phenols is 2. The highest BCUT2D eigenvalue weighted by Crippen LogP contribution is 2.46. The van der Waals surface area contributed by atoms with Gasteiger partial charge >= 0.3 is 0 Å². The van der Waals surface area contributed by atoms with Crippen molar-refractivity contribution in [3.8, 4) is 28.6 Å². The highest BCUT2D eigenvalue weighted by atomic mass is 16.5. The van der Waals surface area contributed by atoms with Crippen molar-refractivity contribution in [2.24, 2.45) is 0 Å². The topological polar surface area (TPSA) is 62.8 Å². The molecule has 172 valence electrons. The molecule has 1 aliphatic rings. The van der Waals surface area contributed by atoms with Crippen molar-refractivity contribution in [1.29, 1.82) is 0 Å². The van der Waals surface area contributed by atoms with E-state index in [4.69, 9.17) is 9.15 Å². The molecule has 4 rings (SSSR count). The highest BCUT2D eigenvalue weighted by molar-refractivity contribution is 5.86. The quantitative estimate of drug-likeness (QED) is 0.379. The first-order valence-electron chi connectivity index (χ1n) is 11.4. The second kappa shape index (κ2) is 8.86. The average Bonchev–Trinajstić information content (AvgIpc) is 3.15. The minimum Gasteiger partial charge on any atom is -0.508 e. The molecule has 1 aliphatic heterocycles. The molecule has 33 heavy (non-hydrogen) atoms. The Kier molecular flexibility index (Phi) is 6.11. The van der Waals surface area contributed by atoms with Crippen molar-refractivity contribution in [3.63, 3.8) is 0 Å². The van der Waals surface area contributed by atoms with Crippen LogP contribution in [-0.2, 0) is 6.42 Å². The Morgan fingerprint density at radius 2 is 1.76 bits per heavy atom. The van der Waals surface area contributed by atoms with Crippen LogP contribution < -0.4 is 4.74 Å². The van der Waals surface area contributed by atoms with Crippen LogP contribution in [0, 0.1) is 0 Å². The van der Waals surface area contributed by atoms with E-state index in [2.05, 4.69) is 46.8 Å². The fraction of sp³-hybridized carbons (Fsp3) is 0.310. The molecule has 0 saturated carbocycles. The van der Waals surface area contributed by atoms with Crippen LogP contribution in [0.4, 0.5) is 0 Å².